The van der Waals surface area contributed by atoms with Gasteiger partial charge in [0, 0.05) is 5.56 Å². The molecule has 0 saturated carbocycles. The van der Waals surface area contributed by atoms with Crippen LogP contribution in [0.3, 0.4) is 0 Å². The maximum absolute atomic E-state index is 13.5. The summed E-state index contributed by atoms with van der Waals surface area (Å²) in [4.78, 5) is 12.7. The first kappa shape index (κ1) is 21.2. The van der Waals surface area contributed by atoms with Gasteiger partial charge >= 0.3 is 0 Å². The number of rotatable bonds is 7. The van der Waals surface area contributed by atoms with Crippen molar-refractivity contribution in [2.75, 3.05) is 6.61 Å². The Hall–Kier alpha value is -4.00. The molecular formula is C25H22FN3O3. The Morgan fingerprint density at radius 3 is 2.50 bits per heavy atom. The third kappa shape index (κ3) is 4.83. The molecule has 6 nitrogen and oxygen atoms in total. The fourth-order valence-electron chi connectivity index (χ4n) is 3.22. The topological polar surface area (TPSA) is 77.2 Å². The van der Waals surface area contributed by atoms with Crippen LogP contribution in [0.15, 0.2) is 77.2 Å². The van der Waals surface area contributed by atoms with Crippen LogP contribution < -0.4 is 10.1 Å². The molecule has 0 fully saturated rings. The minimum atomic E-state index is -0.754. The fourth-order valence-corrected chi connectivity index (χ4v) is 3.22. The van der Waals surface area contributed by atoms with Gasteiger partial charge in [-0.2, -0.15) is 0 Å². The molecule has 0 aliphatic heterocycles. The van der Waals surface area contributed by atoms with Crippen LogP contribution in [0.25, 0.3) is 11.5 Å². The van der Waals surface area contributed by atoms with Gasteiger partial charge in [-0.3, -0.25) is 4.79 Å². The van der Waals surface area contributed by atoms with Crippen LogP contribution in [0, 0.1) is 19.7 Å². The van der Waals surface area contributed by atoms with Crippen molar-refractivity contribution in [2.24, 2.45) is 0 Å². The lowest BCUT2D eigenvalue weighted by atomic mass is 10.1. The summed E-state index contributed by atoms with van der Waals surface area (Å²) in [6.45, 7) is 3.72. The second-order valence-corrected chi connectivity index (χ2v) is 7.35. The summed E-state index contributed by atoms with van der Waals surface area (Å²) in [5.41, 5.74) is 3.41. The number of carbonyl (C=O) groups is 1. The molecule has 0 aliphatic carbocycles. The third-order valence-electron chi connectivity index (χ3n) is 5.13. The van der Waals surface area contributed by atoms with Gasteiger partial charge in [0.2, 0.25) is 11.8 Å². The summed E-state index contributed by atoms with van der Waals surface area (Å²) in [5, 5.41) is 11.1. The van der Waals surface area contributed by atoms with Crippen LogP contribution in [0.4, 0.5) is 4.39 Å². The van der Waals surface area contributed by atoms with Crippen LogP contribution in [-0.2, 0) is 4.79 Å². The molecule has 7 heteroatoms. The quantitative estimate of drug-likeness (QED) is 0.456. The van der Waals surface area contributed by atoms with Gasteiger partial charge in [0.05, 0.1) is 0 Å². The van der Waals surface area contributed by atoms with Crippen molar-refractivity contribution < 1.29 is 18.3 Å². The van der Waals surface area contributed by atoms with Crippen LogP contribution in [0.2, 0.25) is 0 Å². The van der Waals surface area contributed by atoms with Crippen molar-refractivity contribution in [1.82, 2.24) is 15.5 Å². The Morgan fingerprint density at radius 2 is 1.75 bits per heavy atom. The zero-order valence-electron chi connectivity index (χ0n) is 17.7. The van der Waals surface area contributed by atoms with Crippen molar-refractivity contribution in [3.8, 4) is 17.2 Å². The average molecular weight is 431 g/mol. The highest BCUT2D eigenvalue weighted by Crippen LogP contribution is 2.25. The summed E-state index contributed by atoms with van der Waals surface area (Å²) in [6, 6.07) is 20.0. The Labute approximate surface area is 185 Å². The van der Waals surface area contributed by atoms with Crippen molar-refractivity contribution in [3.05, 3.63) is 101 Å². The average Bonchev–Trinajstić information content (AvgIpc) is 3.30. The number of carbonyl (C=O) groups excluding carboxylic acids is 1. The first-order chi connectivity index (χ1) is 15.5. The van der Waals surface area contributed by atoms with E-state index in [1.165, 1.54) is 12.1 Å². The maximum Gasteiger partial charge on any atom is 0.258 e. The Morgan fingerprint density at radius 1 is 1.00 bits per heavy atom. The second-order valence-electron chi connectivity index (χ2n) is 7.35. The summed E-state index contributed by atoms with van der Waals surface area (Å²) < 4.78 is 25.0. The maximum atomic E-state index is 13.5. The normalized spacial score (nSPS) is 11.7. The number of benzene rings is 3. The number of amides is 1. The molecule has 0 aliphatic rings. The smallest absolute Gasteiger partial charge is 0.258 e. The highest BCUT2D eigenvalue weighted by molar-refractivity contribution is 5.78. The number of aryl methyl sites for hydroxylation is 1. The molecule has 3 aromatic carbocycles. The van der Waals surface area contributed by atoms with E-state index in [0.29, 0.717) is 17.2 Å². The van der Waals surface area contributed by atoms with Gasteiger partial charge < -0.3 is 14.5 Å². The Bertz CT molecular complexity index is 1210. The lowest BCUT2D eigenvalue weighted by molar-refractivity contribution is -0.123. The highest BCUT2D eigenvalue weighted by atomic mass is 19.1. The molecular weight excluding hydrogens is 409 g/mol. The van der Waals surface area contributed by atoms with Crippen molar-refractivity contribution >= 4 is 5.91 Å². The second kappa shape index (κ2) is 9.43. The minimum Gasteiger partial charge on any atom is -0.483 e. The van der Waals surface area contributed by atoms with Gasteiger partial charge in [-0.15, -0.1) is 10.2 Å². The Kier molecular flexibility index (Phi) is 6.26. The van der Waals surface area contributed by atoms with Crippen molar-refractivity contribution in [2.45, 2.75) is 19.9 Å². The molecule has 1 N–H and O–H groups in total. The molecule has 4 rings (SSSR count). The molecule has 0 bridgehead atoms. The van der Waals surface area contributed by atoms with Crippen LogP contribution in [-0.4, -0.2) is 22.7 Å². The highest BCUT2D eigenvalue weighted by Gasteiger charge is 2.24. The molecule has 1 aromatic heterocycles. The molecule has 0 unspecified atom stereocenters. The number of nitrogens with zero attached hydrogens (tertiary/aromatic N) is 2. The van der Waals surface area contributed by atoms with Crippen LogP contribution in [0.5, 0.6) is 5.75 Å². The van der Waals surface area contributed by atoms with Gasteiger partial charge in [0.25, 0.3) is 5.91 Å². The number of nitrogens with one attached hydrogen (secondary N) is 1. The molecule has 1 amide bonds. The first-order valence-corrected chi connectivity index (χ1v) is 10.1. The van der Waals surface area contributed by atoms with E-state index in [1.54, 1.807) is 12.1 Å². The first-order valence-electron chi connectivity index (χ1n) is 10.1. The summed E-state index contributed by atoms with van der Waals surface area (Å²) in [7, 11) is 0. The fraction of sp³-hybridized carbons (Fsp3) is 0.160. The summed E-state index contributed by atoms with van der Waals surface area (Å²) in [6.07, 6.45) is 0. The molecule has 1 atom stereocenters. The molecule has 32 heavy (non-hydrogen) atoms. The van der Waals surface area contributed by atoms with Crippen LogP contribution >= 0.6 is 0 Å². The van der Waals surface area contributed by atoms with Gasteiger partial charge in [-0.25, -0.2) is 4.39 Å². The van der Waals surface area contributed by atoms with Crippen molar-refractivity contribution in [1.29, 1.82) is 0 Å². The monoisotopic (exact) mass is 431 g/mol. The van der Waals surface area contributed by atoms with E-state index in [2.05, 4.69) is 15.5 Å². The number of hydrogen-bond acceptors (Lipinski definition) is 5. The molecule has 0 spiro atoms. The SMILES string of the molecule is Cc1cccc(OCC(=O)N[C@H](c2ccc(F)cc2)c2nnc(-c3ccccc3)o2)c1C. The summed E-state index contributed by atoms with van der Waals surface area (Å²) in [5.74, 6) is 0.402. The standard InChI is InChI=1S/C25H22FN3O3/c1-16-7-6-10-21(17(16)2)31-15-22(30)27-23(18-11-13-20(26)14-12-18)25-29-28-24(32-25)19-8-4-3-5-9-19/h3-14,23H,15H2,1-2H3,(H,27,30)/t23-/m1/s1. The van der Waals surface area contributed by atoms with E-state index in [1.807, 2.05) is 62.4 Å². The summed E-state index contributed by atoms with van der Waals surface area (Å²) >= 11 is 0. The predicted molar refractivity (Wildman–Crippen MR) is 118 cm³/mol. The molecule has 4 aromatic rings. The number of ether oxygens (including phenoxy) is 1. The van der Waals surface area contributed by atoms with Crippen molar-refractivity contribution in [3.63, 3.8) is 0 Å². The minimum absolute atomic E-state index is 0.190. The van der Waals surface area contributed by atoms with E-state index in [-0.39, 0.29) is 24.2 Å². The van der Waals surface area contributed by atoms with E-state index in [0.717, 1.165) is 16.7 Å². The largest absolute Gasteiger partial charge is 0.483 e. The van der Waals surface area contributed by atoms with E-state index < -0.39 is 6.04 Å². The van der Waals surface area contributed by atoms with Gasteiger partial charge in [0.1, 0.15) is 17.6 Å². The van der Waals surface area contributed by atoms with E-state index >= 15 is 0 Å². The van der Waals surface area contributed by atoms with E-state index in [9.17, 15) is 9.18 Å². The zero-order chi connectivity index (χ0) is 22.5. The van der Waals surface area contributed by atoms with Gasteiger partial charge in [-0.1, -0.05) is 42.5 Å². The van der Waals surface area contributed by atoms with E-state index in [4.69, 9.17) is 9.15 Å². The molecule has 0 radical (unpaired) electrons. The number of aromatic nitrogens is 2. The van der Waals surface area contributed by atoms with Gasteiger partial charge in [0.15, 0.2) is 6.61 Å². The third-order valence-corrected chi connectivity index (χ3v) is 5.13. The molecule has 162 valence electrons. The van der Waals surface area contributed by atoms with Crippen LogP contribution in [0.1, 0.15) is 28.6 Å². The lowest BCUT2D eigenvalue weighted by Crippen LogP contribution is -2.33. The predicted octanol–water partition coefficient (Wildman–Crippen LogP) is 4.78. The lowest BCUT2D eigenvalue weighted by Gasteiger charge is -2.17. The number of halogens is 1. The van der Waals surface area contributed by atoms with Gasteiger partial charge in [-0.05, 0) is 60.9 Å². The number of hydrogen-bond donors (Lipinski definition) is 1. The molecule has 0 saturated heterocycles. The molecule has 1 heterocycles. The Balaban J connectivity index is 1.55. The zero-order valence-corrected chi connectivity index (χ0v) is 17.7.